The molecule has 0 aliphatic carbocycles. The van der Waals surface area contributed by atoms with Crippen LogP contribution < -0.4 is 0 Å². The maximum atomic E-state index is 12.4. The average molecular weight is 317 g/mol. The van der Waals surface area contributed by atoms with Gasteiger partial charge in [-0.05, 0) is 39.7 Å². The maximum Gasteiger partial charge on any atom is 0.230 e. The number of nitrogens with zero attached hydrogens (tertiary/aromatic N) is 1. The Morgan fingerprint density at radius 2 is 1.96 bits per heavy atom. The maximum absolute atomic E-state index is 12.4. The molecule has 1 aromatic carbocycles. The fourth-order valence-corrected chi connectivity index (χ4v) is 3.69. The van der Waals surface area contributed by atoms with Crippen molar-refractivity contribution >= 4 is 5.91 Å². The molecule has 2 fully saturated rings. The van der Waals surface area contributed by atoms with Crippen molar-refractivity contribution < 1.29 is 14.3 Å². The standard InChI is InChI=1S/C19H27NO3/c1-13(22-12-14-8-6-5-7-9-14)16-17-15(23-19(2,3)4)10-11-20(17)18(16)21/h5-9,13,15-17H,10-12H2,1-4H3/t13-,15+,16-,17+/m0/s1. The average Bonchev–Trinajstić information content (AvgIpc) is 2.83. The molecule has 2 aliphatic rings. The highest BCUT2D eigenvalue weighted by Gasteiger charge is 2.57. The van der Waals surface area contributed by atoms with Crippen molar-refractivity contribution in [1.82, 2.24) is 4.90 Å². The molecular weight excluding hydrogens is 290 g/mol. The van der Waals surface area contributed by atoms with Gasteiger partial charge in [0.15, 0.2) is 0 Å². The molecule has 0 unspecified atom stereocenters. The Bertz CT molecular complexity index is 551. The lowest BCUT2D eigenvalue weighted by Crippen LogP contribution is -2.65. The number of hydrogen-bond donors (Lipinski definition) is 0. The van der Waals surface area contributed by atoms with Crippen molar-refractivity contribution in [3.63, 3.8) is 0 Å². The lowest BCUT2D eigenvalue weighted by Gasteiger charge is -2.47. The predicted octanol–water partition coefficient (Wildman–Crippen LogP) is 3.01. The van der Waals surface area contributed by atoms with Crippen LogP contribution in [-0.2, 0) is 20.9 Å². The van der Waals surface area contributed by atoms with Gasteiger partial charge < -0.3 is 14.4 Å². The summed E-state index contributed by atoms with van der Waals surface area (Å²) in [6.07, 6.45) is 0.962. The third kappa shape index (κ3) is 3.43. The van der Waals surface area contributed by atoms with Gasteiger partial charge in [0, 0.05) is 6.54 Å². The van der Waals surface area contributed by atoms with E-state index in [-0.39, 0.29) is 35.7 Å². The highest BCUT2D eigenvalue weighted by atomic mass is 16.5. The van der Waals surface area contributed by atoms with Crippen molar-refractivity contribution in [2.45, 2.75) is 64.6 Å². The summed E-state index contributed by atoms with van der Waals surface area (Å²) in [6, 6.07) is 10.3. The zero-order chi connectivity index (χ0) is 16.6. The van der Waals surface area contributed by atoms with Gasteiger partial charge in [0.25, 0.3) is 0 Å². The molecule has 0 saturated carbocycles. The Morgan fingerprint density at radius 1 is 1.26 bits per heavy atom. The summed E-state index contributed by atoms with van der Waals surface area (Å²) in [4.78, 5) is 14.4. The van der Waals surface area contributed by atoms with Gasteiger partial charge in [0.2, 0.25) is 5.91 Å². The number of hydrogen-bond acceptors (Lipinski definition) is 3. The first-order valence-electron chi connectivity index (χ1n) is 8.50. The Morgan fingerprint density at radius 3 is 2.61 bits per heavy atom. The highest BCUT2D eigenvalue weighted by Crippen LogP contribution is 2.41. The van der Waals surface area contributed by atoms with Crippen LogP contribution in [0.25, 0.3) is 0 Å². The van der Waals surface area contributed by atoms with Crippen LogP contribution in [0.15, 0.2) is 30.3 Å². The largest absolute Gasteiger partial charge is 0.373 e. The van der Waals surface area contributed by atoms with E-state index < -0.39 is 0 Å². The SMILES string of the molecule is C[C@H](OCc1ccccc1)[C@@H]1C(=O)N2CC[C@@H](OC(C)(C)C)[C@H]12. The van der Waals surface area contributed by atoms with Gasteiger partial charge in [0.1, 0.15) is 0 Å². The normalized spacial score (nSPS) is 28.4. The number of β-lactam (4-membered cyclic amide) rings is 1. The summed E-state index contributed by atoms with van der Waals surface area (Å²) in [5.41, 5.74) is 0.953. The summed E-state index contributed by atoms with van der Waals surface area (Å²) in [5, 5.41) is 0. The Labute approximate surface area is 138 Å². The molecule has 4 heteroatoms. The second kappa shape index (κ2) is 6.25. The van der Waals surface area contributed by atoms with E-state index in [1.54, 1.807) is 0 Å². The first kappa shape index (κ1) is 16.5. The van der Waals surface area contributed by atoms with Gasteiger partial charge in [-0.25, -0.2) is 0 Å². The summed E-state index contributed by atoms with van der Waals surface area (Å²) >= 11 is 0. The first-order chi connectivity index (χ1) is 10.9. The van der Waals surface area contributed by atoms with E-state index in [0.29, 0.717) is 6.61 Å². The van der Waals surface area contributed by atoms with E-state index in [0.717, 1.165) is 18.5 Å². The van der Waals surface area contributed by atoms with Gasteiger partial charge in [-0.1, -0.05) is 30.3 Å². The minimum atomic E-state index is -0.183. The third-order valence-corrected chi connectivity index (χ3v) is 4.70. The molecule has 0 bridgehead atoms. The van der Waals surface area contributed by atoms with Gasteiger partial charge in [0.05, 0.1) is 36.4 Å². The van der Waals surface area contributed by atoms with Crippen molar-refractivity contribution in [2.75, 3.05) is 6.54 Å². The fraction of sp³-hybridized carbons (Fsp3) is 0.632. The number of ether oxygens (including phenoxy) is 2. The highest BCUT2D eigenvalue weighted by molar-refractivity contribution is 5.87. The van der Waals surface area contributed by atoms with Crippen LogP contribution in [0.3, 0.4) is 0 Å². The third-order valence-electron chi connectivity index (χ3n) is 4.70. The summed E-state index contributed by atoms with van der Waals surface area (Å²) in [7, 11) is 0. The molecule has 0 spiro atoms. The van der Waals surface area contributed by atoms with E-state index in [2.05, 4.69) is 20.8 Å². The van der Waals surface area contributed by atoms with Crippen LogP contribution in [0.1, 0.15) is 39.7 Å². The van der Waals surface area contributed by atoms with Crippen LogP contribution >= 0.6 is 0 Å². The van der Waals surface area contributed by atoms with Crippen molar-refractivity contribution in [3.05, 3.63) is 35.9 Å². The topological polar surface area (TPSA) is 38.8 Å². The van der Waals surface area contributed by atoms with E-state index in [1.807, 2.05) is 42.2 Å². The zero-order valence-corrected chi connectivity index (χ0v) is 14.5. The molecule has 3 rings (SSSR count). The molecule has 2 heterocycles. The second-order valence-electron chi connectivity index (χ2n) is 7.61. The van der Waals surface area contributed by atoms with Gasteiger partial charge in [-0.15, -0.1) is 0 Å². The van der Waals surface area contributed by atoms with Crippen LogP contribution in [0.2, 0.25) is 0 Å². The molecule has 1 aromatic rings. The molecule has 2 saturated heterocycles. The quantitative estimate of drug-likeness (QED) is 0.784. The number of carbonyl (C=O) groups excluding carboxylic acids is 1. The van der Waals surface area contributed by atoms with Crippen LogP contribution in [-0.4, -0.2) is 41.2 Å². The van der Waals surface area contributed by atoms with Gasteiger partial charge in [-0.2, -0.15) is 0 Å². The molecule has 23 heavy (non-hydrogen) atoms. The molecule has 0 N–H and O–H groups in total. The molecule has 126 valence electrons. The number of benzene rings is 1. The van der Waals surface area contributed by atoms with E-state index in [9.17, 15) is 4.79 Å². The molecule has 4 nitrogen and oxygen atoms in total. The molecule has 0 aromatic heterocycles. The van der Waals surface area contributed by atoms with Crippen molar-refractivity contribution in [2.24, 2.45) is 5.92 Å². The minimum Gasteiger partial charge on any atom is -0.373 e. The fourth-order valence-electron chi connectivity index (χ4n) is 3.69. The molecule has 0 radical (unpaired) electrons. The summed E-state index contributed by atoms with van der Waals surface area (Å²) in [6.45, 7) is 9.58. The van der Waals surface area contributed by atoms with E-state index in [4.69, 9.17) is 9.47 Å². The van der Waals surface area contributed by atoms with Gasteiger partial charge in [-0.3, -0.25) is 4.79 Å². The van der Waals surface area contributed by atoms with Crippen LogP contribution in [0.4, 0.5) is 0 Å². The van der Waals surface area contributed by atoms with E-state index in [1.165, 1.54) is 0 Å². The summed E-state index contributed by atoms with van der Waals surface area (Å²) in [5.74, 6) is 0.143. The minimum absolute atomic E-state index is 0.0754. The zero-order valence-electron chi connectivity index (χ0n) is 14.5. The van der Waals surface area contributed by atoms with Crippen LogP contribution in [0, 0.1) is 5.92 Å². The predicted molar refractivity (Wildman–Crippen MR) is 88.9 cm³/mol. The van der Waals surface area contributed by atoms with Crippen molar-refractivity contribution in [1.29, 1.82) is 0 Å². The molecule has 1 amide bonds. The lowest BCUT2D eigenvalue weighted by molar-refractivity contribution is -0.176. The monoisotopic (exact) mass is 317 g/mol. The van der Waals surface area contributed by atoms with Crippen molar-refractivity contribution in [3.8, 4) is 0 Å². The Hall–Kier alpha value is -1.39. The number of fused-ring (bicyclic) bond motifs is 1. The number of rotatable bonds is 5. The van der Waals surface area contributed by atoms with Gasteiger partial charge >= 0.3 is 0 Å². The Balaban J connectivity index is 1.61. The molecule has 4 atom stereocenters. The number of carbonyl (C=O) groups is 1. The Kier molecular flexibility index (Phi) is 4.47. The first-order valence-corrected chi connectivity index (χ1v) is 8.50. The molecular formula is C19H27NO3. The second-order valence-corrected chi connectivity index (χ2v) is 7.61. The number of amides is 1. The van der Waals surface area contributed by atoms with E-state index >= 15 is 0 Å². The smallest absolute Gasteiger partial charge is 0.230 e. The molecule has 2 aliphatic heterocycles. The lowest BCUT2D eigenvalue weighted by atomic mass is 9.82. The van der Waals surface area contributed by atoms with Crippen LogP contribution in [0.5, 0.6) is 0 Å². The summed E-state index contributed by atoms with van der Waals surface area (Å²) < 4.78 is 12.2.